The fourth-order valence-corrected chi connectivity index (χ4v) is 1.99. The fourth-order valence-electron chi connectivity index (χ4n) is 1.83. The second kappa shape index (κ2) is 7.63. The number of rotatable bonds is 6. The summed E-state index contributed by atoms with van der Waals surface area (Å²) in [6, 6.07) is 7.81. The highest BCUT2D eigenvalue weighted by Gasteiger charge is 2.04. The molecule has 0 fully saturated rings. The van der Waals surface area contributed by atoms with E-state index in [4.69, 9.17) is 21.5 Å². The standard InChI is InChI=1S/C15H14ClFN2O3/c16-11-3-5-14(13(17)10-11)22-9-8-19-7-1-2-12(19)4-6-15(20)18-21/h1-7,10,21H,8-9H2,(H,18,20)/b6-4+. The van der Waals surface area contributed by atoms with Gasteiger partial charge >= 0.3 is 0 Å². The molecule has 0 spiro atoms. The predicted octanol–water partition coefficient (Wildman–Crippen LogP) is 2.88. The average molecular weight is 325 g/mol. The topological polar surface area (TPSA) is 63.5 Å². The maximum Gasteiger partial charge on any atom is 0.267 e. The van der Waals surface area contributed by atoms with Crippen molar-refractivity contribution >= 4 is 23.6 Å². The van der Waals surface area contributed by atoms with Crippen LogP contribution in [0.5, 0.6) is 5.75 Å². The van der Waals surface area contributed by atoms with Crippen LogP contribution in [0.15, 0.2) is 42.6 Å². The Hall–Kier alpha value is -2.31. The summed E-state index contributed by atoms with van der Waals surface area (Å²) in [5.41, 5.74) is 2.26. The molecule has 2 aromatic rings. The molecule has 5 nitrogen and oxygen atoms in total. The highest BCUT2D eigenvalue weighted by Crippen LogP contribution is 2.21. The number of amides is 1. The third-order valence-corrected chi connectivity index (χ3v) is 3.10. The number of benzene rings is 1. The average Bonchev–Trinajstić information content (AvgIpc) is 2.94. The van der Waals surface area contributed by atoms with Gasteiger partial charge in [-0.1, -0.05) is 11.6 Å². The number of nitrogens with zero attached hydrogens (tertiary/aromatic N) is 1. The molecule has 1 amide bonds. The number of aromatic nitrogens is 1. The molecule has 0 aliphatic rings. The number of hydroxylamine groups is 1. The van der Waals surface area contributed by atoms with E-state index in [0.717, 1.165) is 5.69 Å². The zero-order chi connectivity index (χ0) is 15.9. The zero-order valence-electron chi connectivity index (χ0n) is 11.5. The summed E-state index contributed by atoms with van der Waals surface area (Å²) in [6.07, 6.45) is 4.55. The first-order valence-corrected chi connectivity index (χ1v) is 6.83. The van der Waals surface area contributed by atoms with E-state index in [-0.39, 0.29) is 12.4 Å². The molecule has 116 valence electrons. The number of ether oxygens (including phenoxy) is 1. The second-order valence-corrected chi connectivity index (χ2v) is 4.80. The first-order valence-electron chi connectivity index (χ1n) is 6.45. The maximum atomic E-state index is 13.5. The number of carbonyl (C=O) groups is 1. The van der Waals surface area contributed by atoms with Crippen LogP contribution >= 0.6 is 11.6 Å². The minimum Gasteiger partial charge on any atom is -0.489 e. The maximum absolute atomic E-state index is 13.5. The molecule has 1 aromatic heterocycles. The smallest absolute Gasteiger partial charge is 0.267 e. The Kier molecular flexibility index (Phi) is 5.57. The Labute approximate surface area is 131 Å². The van der Waals surface area contributed by atoms with Crippen LogP contribution in [0.25, 0.3) is 6.08 Å². The third kappa shape index (κ3) is 4.34. The van der Waals surface area contributed by atoms with E-state index in [2.05, 4.69) is 0 Å². The van der Waals surface area contributed by atoms with Crippen molar-refractivity contribution in [2.24, 2.45) is 0 Å². The minimum atomic E-state index is -0.618. The first kappa shape index (κ1) is 16.1. The molecule has 0 saturated carbocycles. The second-order valence-electron chi connectivity index (χ2n) is 4.36. The summed E-state index contributed by atoms with van der Waals surface area (Å²) in [7, 11) is 0. The van der Waals surface area contributed by atoms with Crippen molar-refractivity contribution < 1.29 is 19.1 Å². The molecule has 0 bridgehead atoms. The van der Waals surface area contributed by atoms with E-state index < -0.39 is 11.7 Å². The van der Waals surface area contributed by atoms with Crippen molar-refractivity contribution in [2.75, 3.05) is 6.61 Å². The van der Waals surface area contributed by atoms with Crippen LogP contribution in [0, 0.1) is 5.82 Å². The number of halogens is 2. The van der Waals surface area contributed by atoms with E-state index in [1.807, 2.05) is 4.57 Å². The molecule has 0 aliphatic heterocycles. The van der Waals surface area contributed by atoms with E-state index in [9.17, 15) is 9.18 Å². The lowest BCUT2D eigenvalue weighted by molar-refractivity contribution is -0.124. The third-order valence-electron chi connectivity index (χ3n) is 2.86. The van der Waals surface area contributed by atoms with Crippen LogP contribution in [-0.2, 0) is 11.3 Å². The SMILES string of the molecule is O=C(/C=C/c1cccn1CCOc1ccc(Cl)cc1F)NO. The molecular formula is C15H14ClFN2O3. The molecule has 0 atom stereocenters. The van der Waals surface area contributed by atoms with Crippen LogP contribution in [-0.4, -0.2) is 22.3 Å². The summed E-state index contributed by atoms with van der Waals surface area (Å²) in [5, 5.41) is 8.73. The molecule has 1 aromatic carbocycles. The van der Waals surface area contributed by atoms with Gasteiger partial charge in [0.25, 0.3) is 5.91 Å². The van der Waals surface area contributed by atoms with Gasteiger partial charge < -0.3 is 9.30 Å². The van der Waals surface area contributed by atoms with E-state index in [1.165, 1.54) is 23.7 Å². The van der Waals surface area contributed by atoms with Crippen LogP contribution in [0.3, 0.4) is 0 Å². The Morgan fingerprint density at radius 2 is 2.27 bits per heavy atom. The Bertz CT molecular complexity index is 685. The molecule has 7 heteroatoms. The number of nitrogens with one attached hydrogen (secondary N) is 1. The number of carbonyl (C=O) groups excluding carboxylic acids is 1. The first-order chi connectivity index (χ1) is 10.6. The van der Waals surface area contributed by atoms with Gasteiger partial charge in [0.2, 0.25) is 0 Å². The minimum absolute atomic E-state index is 0.133. The van der Waals surface area contributed by atoms with Crippen LogP contribution in [0.2, 0.25) is 5.02 Å². The molecule has 0 aliphatic carbocycles. The van der Waals surface area contributed by atoms with E-state index >= 15 is 0 Å². The summed E-state index contributed by atoms with van der Waals surface area (Å²) in [5.74, 6) is -1.000. The molecule has 2 rings (SSSR count). The van der Waals surface area contributed by atoms with Crippen LogP contribution < -0.4 is 10.2 Å². The number of hydrogen-bond acceptors (Lipinski definition) is 3. The molecule has 0 radical (unpaired) electrons. The van der Waals surface area contributed by atoms with Crippen molar-refractivity contribution in [3.05, 3.63) is 59.1 Å². The van der Waals surface area contributed by atoms with Gasteiger partial charge in [-0.2, -0.15) is 0 Å². The highest BCUT2D eigenvalue weighted by atomic mass is 35.5. The predicted molar refractivity (Wildman–Crippen MR) is 80.3 cm³/mol. The lowest BCUT2D eigenvalue weighted by atomic mass is 10.3. The van der Waals surface area contributed by atoms with Gasteiger partial charge in [-0.05, 0) is 36.4 Å². The quantitative estimate of drug-likeness (QED) is 0.488. The summed E-state index contributed by atoms with van der Waals surface area (Å²) in [6.45, 7) is 0.718. The van der Waals surface area contributed by atoms with Crippen molar-refractivity contribution in [3.8, 4) is 5.75 Å². The van der Waals surface area contributed by atoms with Crippen LogP contribution in [0.1, 0.15) is 5.69 Å². The Balaban J connectivity index is 1.94. The van der Waals surface area contributed by atoms with Crippen molar-refractivity contribution in [2.45, 2.75) is 6.54 Å². The van der Waals surface area contributed by atoms with Crippen LogP contribution in [0.4, 0.5) is 4.39 Å². The fraction of sp³-hybridized carbons (Fsp3) is 0.133. The molecule has 2 N–H and O–H groups in total. The van der Waals surface area contributed by atoms with Crippen molar-refractivity contribution in [3.63, 3.8) is 0 Å². The van der Waals surface area contributed by atoms with Gasteiger partial charge in [0, 0.05) is 23.0 Å². The van der Waals surface area contributed by atoms with Crippen molar-refractivity contribution in [1.29, 1.82) is 0 Å². The van der Waals surface area contributed by atoms with Gasteiger partial charge in [0.05, 0.1) is 6.54 Å². The van der Waals surface area contributed by atoms with Gasteiger partial charge in [-0.3, -0.25) is 10.0 Å². The lowest BCUT2D eigenvalue weighted by Crippen LogP contribution is -2.15. The number of hydrogen-bond donors (Lipinski definition) is 2. The molecule has 0 saturated heterocycles. The molecular weight excluding hydrogens is 311 g/mol. The van der Waals surface area contributed by atoms with Gasteiger partial charge in [-0.15, -0.1) is 0 Å². The summed E-state index contributed by atoms with van der Waals surface area (Å²) >= 11 is 5.67. The molecule has 1 heterocycles. The lowest BCUT2D eigenvalue weighted by Gasteiger charge is -2.09. The van der Waals surface area contributed by atoms with Crippen molar-refractivity contribution in [1.82, 2.24) is 10.0 Å². The largest absolute Gasteiger partial charge is 0.489 e. The summed E-state index contributed by atoms with van der Waals surface area (Å²) in [4.78, 5) is 10.9. The molecule has 22 heavy (non-hydrogen) atoms. The zero-order valence-corrected chi connectivity index (χ0v) is 12.3. The van der Waals surface area contributed by atoms with E-state index in [1.54, 1.807) is 30.5 Å². The van der Waals surface area contributed by atoms with E-state index in [0.29, 0.717) is 11.6 Å². The normalized spacial score (nSPS) is 10.9. The summed E-state index contributed by atoms with van der Waals surface area (Å²) < 4.78 is 20.7. The Morgan fingerprint density at radius 3 is 3.00 bits per heavy atom. The molecule has 0 unspecified atom stereocenters. The van der Waals surface area contributed by atoms with Gasteiger partial charge in [-0.25, -0.2) is 9.87 Å². The highest BCUT2D eigenvalue weighted by molar-refractivity contribution is 6.30. The van der Waals surface area contributed by atoms with Gasteiger partial charge in [0.15, 0.2) is 11.6 Å². The van der Waals surface area contributed by atoms with Gasteiger partial charge in [0.1, 0.15) is 6.61 Å². The Morgan fingerprint density at radius 1 is 1.45 bits per heavy atom. The monoisotopic (exact) mass is 324 g/mol.